The second-order valence-electron chi connectivity index (χ2n) is 2.18. The summed E-state index contributed by atoms with van der Waals surface area (Å²) in [5.74, 6) is 0. The number of hydrogen-bond acceptors (Lipinski definition) is 8. The van der Waals surface area contributed by atoms with Gasteiger partial charge in [-0.2, -0.15) is 16.8 Å². The zero-order valence-electron chi connectivity index (χ0n) is 8.14. The molecule has 100 valence electrons. The molecule has 0 saturated heterocycles. The molecule has 0 radical (unpaired) electrons. The molecule has 0 aliphatic carbocycles. The van der Waals surface area contributed by atoms with E-state index in [0.717, 1.165) is 12.8 Å². The Hall–Kier alpha value is -0.340. The fraction of sp³-hybridized carbons (Fsp3) is 1.00. The lowest BCUT2D eigenvalue weighted by atomic mass is 10.4. The summed E-state index contributed by atoms with van der Waals surface area (Å²) in [5, 5.41) is 7.70. The molecule has 3 N–H and O–H groups in total. The van der Waals surface area contributed by atoms with Gasteiger partial charge >= 0.3 is 20.8 Å². The molecule has 0 bridgehead atoms. The summed E-state index contributed by atoms with van der Waals surface area (Å²) in [6.45, 7) is 2.51. The molecule has 0 heterocycles. The molecule has 0 atom stereocenters. The molecule has 0 spiro atoms. The van der Waals surface area contributed by atoms with Crippen molar-refractivity contribution in [3.63, 3.8) is 0 Å². The minimum absolute atomic E-state index is 0.469. The van der Waals surface area contributed by atoms with Gasteiger partial charge in [0.2, 0.25) is 0 Å². The van der Waals surface area contributed by atoms with Crippen LogP contribution in [0.25, 0.3) is 0 Å². The van der Waals surface area contributed by atoms with Gasteiger partial charge < -0.3 is 0 Å². The van der Waals surface area contributed by atoms with Gasteiger partial charge in [-0.1, -0.05) is 22.0 Å². The first-order valence-corrected chi connectivity index (χ1v) is 6.44. The Bertz CT molecular complexity index is 305. The Kier molecular flexibility index (Phi) is 9.89. The summed E-state index contributed by atoms with van der Waals surface area (Å²) in [5.41, 5.74) is 0. The van der Waals surface area contributed by atoms with Crippen LogP contribution in [0.5, 0.6) is 0 Å². The smallest absolute Gasteiger partial charge is 0.262 e. The van der Waals surface area contributed by atoms with E-state index in [4.69, 9.17) is 14.4 Å². The third-order valence-electron chi connectivity index (χ3n) is 0.789. The molecule has 0 aliphatic heterocycles. The number of hydrogen-bond donors (Lipinski definition) is 3. The summed E-state index contributed by atoms with van der Waals surface area (Å²) in [6.07, 6.45) is 2.01. The van der Waals surface area contributed by atoms with Gasteiger partial charge in [0.1, 0.15) is 0 Å². The van der Waals surface area contributed by atoms with Crippen molar-refractivity contribution < 1.29 is 44.8 Å². The third-order valence-corrected chi connectivity index (χ3v) is 1.36. The topological polar surface area (TPSA) is 157 Å². The van der Waals surface area contributed by atoms with Crippen molar-refractivity contribution in [3.8, 4) is 0 Å². The van der Waals surface area contributed by atoms with Crippen LogP contribution in [0.4, 0.5) is 0 Å². The Morgan fingerprint density at radius 1 is 1.00 bits per heavy atom. The van der Waals surface area contributed by atoms with E-state index >= 15 is 0 Å². The lowest BCUT2D eigenvalue weighted by molar-refractivity contribution is -0.242. The molecule has 16 heavy (non-hydrogen) atoms. The Morgan fingerprint density at radius 2 is 1.38 bits per heavy atom. The predicted octanol–water partition coefficient (Wildman–Crippen LogP) is -0.184. The van der Waals surface area contributed by atoms with Gasteiger partial charge in [0.15, 0.2) is 0 Å². The van der Waals surface area contributed by atoms with Crippen molar-refractivity contribution in [2.24, 2.45) is 0 Å². The second kappa shape index (κ2) is 8.77. The molecule has 0 rings (SSSR count). The van der Waals surface area contributed by atoms with Gasteiger partial charge in [0.25, 0.3) is 0 Å². The third kappa shape index (κ3) is 23.5. The van der Waals surface area contributed by atoms with Crippen molar-refractivity contribution in [3.05, 3.63) is 0 Å². The largest absolute Gasteiger partial charge is 0.425 e. The highest BCUT2D eigenvalue weighted by molar-refractivity contribution is 7.83. The van der Waals surface area contributed by atoms with Crippen molar-refractivity contribution in [2.75, 3.05) is 6.61 Å². The minimum Gasteiger partial charge on any atom is -0.262 e. The van der Waals surface area contributed by atoms with E-state index in [1.807, 2.05) is 6.92 Å². The van der Waals surface area contributed by atoms with Crippen molar-refractivity contribution in [2.45, 2.75) is 19.8 Å². The van der Waals surface area contributed by atoms with Gasteiger partial charge in [-0.3, -0.25) is 14.4 Å². The molecule has 0 aromatic rings. The van der Waals surface area contributed by atoms with Gasteiger partial charge in [-0.25, -0.2) is 4.89 Å². The highest BCUT2D eigenvalue weighted by Crippen LogP contribution is 1.92. The molecule has 0 fully saturated rings. The van der Waals surface area contributed by atoms with Crippen LogP contribution in [0.2, 0.25) is 0 Å². The van der Waals surface area contributed by atoms with Crippen LogP contribution in [0.15, 0.2) is 0 Å². The molecule has 0 aromatic carbocycles. The lowest BCUT2D eigenvalue weighted by Gasteiger charge is -1.92. The van der Waals surface area contributed by atoms with Crippen LogP contribution in [-0.4, -0.2) is 37.8 Å². The number of rotatable bonds is 6. The molecule has 0 unspecified atom stereocenters. The van der Waals surface area contributed by atoms with Gasteiger partial charge in [0, 0.05) is 0 Å². The maximum absolute atomic E-state index is 9.51. The van der Waals surface area contributed by atoms with Crippen LogP contribution < -0.4 is 0 Å². The van der Waals surface area contributed by atoms with Crippen molar-refractivity contribution in [1.29, 1.82) is 0 Å². The maximum atomic E-state index is 9.51. The molecule has 10 nitrogen and oxygen atoms in total. The molecule has 0 amide bonds. The summed E-state index contributed by atoms with van der Waals surface area (Å²) >= 11 is 0. The average molecular weight is 284 g/mol. The highest BCUT2D eigenvalue weighted by atomic mass is 32.3. The van der Waals surface area contributed by atoms with Crippen LogP contribution in [0.3, 0.4) is 0 Å². The summed E-state index contributed by atoms with van der Waals surface area (Å²) in [6, 6.07) is 0. The first-order chi connectivity index (χ1) is 7.12. The van der Waals surface area contributed by atoms with E-state index < -0.39 is 20.8 Å². The van der Waals surface area contributed by atoms with Gasteiger partial charge in [-0.05, 0) is 6.42 Å². The molecule has 0 aromatic heterocycles. The normalized spacial score (nSPS) is 11.8. The van der Waals surface area contributed by atoms with Gasteiger partial charge in [0.05, 0.1) is 6.61 Å². The lowest BCUT2D eigenvalue weighted by Crippen LogP contribution is -2.10. The standard InChI is InChI=1S/C4H10O2.H2O8S2/c1-2-3-4-6-5;1-9(2,3)7-8-10(4,5)6/h5H,2-4H2,1H3;(H,1,2,3)(H,4,5,6). The highest BCUT2D eigenvalue weighted by Gasteiger charge is 2.13. The van der Waals surface area contributed by atoms with Crippen LogP contribution in [-0.2, 0) is 34.4 Å². The minimum atomic E-state index is -5.02. The van der Waals surface area contributed by atoms with E-state index in [9.17, 15) is 16.8 Å². The average Bonchev–Trinajstić information content (AvgIpc) is 2.11. The van der Waals surface area contributed by atoms with Crippen molar-refractivity contribution in [1.82, 2.24) is 0 Å². The monoisotopic (exact) mass is 284 g/mol. The van der Waals surface area contributed by atoms with E-state index in [1.54, 1.807) is 0 Å². The van der Waals surface area contributed by atoms with E-state index in [-0.39, 0.29) is 0 Å². The second-order valence-corrected chi connectivity index (χ2v) is 4.16. The molecular formula is C4H12O10S2. The SMILES string of the molecule is CCCCOO.O=S(=O)(O)OOS(=O)(=O)O. The molecule has 0 saturated carbocycles. The Morgan fingerprint density at radius 3 is 1.50 bits per heavy atom. The summed E-state index contributed by atoms with van der Waals surface area (Å²) < 4.78 is 58.9. The summed E-state index contributed by atoms with van der Waals surface area (Å²) in [4.78, 5) is 3.78. The fourth-order valence-electron chi connectivity index (χ4n) is 0.279. The van der Waals surface area contributed by atoms with E-state index in [1.165, 1.54) is 0 Å². The Labute approximate surface area is 92.5 Å². The van der Waals surface area contributed by atoms with Crippen LogP contribution in [0.1, 0.15) is 19.8 Å². The zero-order valence-corrected chi connectivity index (χ0v) is 9.77. The van der Waals surface area contributed by atoms with Crippen molar-refractivity contribution >= 4 is 20.8 Å². The quantitative estimate of drug-likeness (QED) is 0.258. The van der Waals surface area contributed by atoms with E-state index in [2.05, 4.69) is 13.6 Å². The molecule has 0 aliphatic rings. The van der Waals surface area contributed by atoms with Crippen LogP contribution >= 0.6 is 0 Å². The fourth-order valence-corrected chi connectivity index (χ4v) is 0.841. The summed E-state index contributed by atoms with van der Waals surface area (Å²) in [7, 11) is -10.0. The predicted molar refractivity (Wildman–Crippen MR) is 48.8 cm³/mol. The van der Waals surface area contributed by atoms with Gasteiger partial charge in [-0.15, -0.1) is 0 Å². The van der Waals surface area contributed by atoms with Crippen LogP contribution in [0, 0.1) is 0 Å². The first kappa shape index (κ1) is 18.0. The first-order valence-electron chi connectivity index (χ1n) is 3.71. The maximum Gasteiger partial charge on any atom is 0.425 e. The Balaban J connectivity index is 0. The number of unbranched alkanes of at least 4 members (excludes halogenated alkanes) is 1. The molecular weight excluding hydrogens is 272 g/mol. The van der Waals surface area contributed by atoms with E-state index in [0.29, 0.717) is 6.61 Å². The molecule has 12 heteroatoms. The zero-order chi connectivity index (χ0) is 13.2.